The lowest BCUT2D eigenvalue weighted by Crippen LogP contribution is -2.35. The van der Waals surface area contributed by atoms with Crippen LogP contribution in [0.15, 0.2) is 18.3 Å². The maximum absolute atomic E-state index is 11.9. The van der Waals surface area contributed by atoms with Crippen molar-refractivity contribution in [2.24, 2.45) is 0 Å². The topological polar surface area (TPSA) is 71.8 Å². The lowest BCUT2D eigenvalue weighted by molar-refractivity contribution is -0.181. The maximum Gasteiger partial charge on any atom is 0.341 e. The number of hydrogen-bond donors (Lipinski definition) is 0. The van der Waals surface area contributed by atoms with E-state index in [0.717, 1.165) is 36.6 Å². The Bertz CT molecular complexity index is 784. The SMILES string of the molecule is COC(=O)c1cc2cn(C3CCC4(CC3)OCCO4)nc2cc1OC. The molecule has 7 nitrogen and oxygen atoms in total. The first-order valence-corrected chi connectivity index (χ1v) is 8.57. The van der Waals surface area contributed by atoms with Crippen LogP contribution in [0.3, 0.4) is 0 Å². The standard InChI is InChI=1S/C18H22N2O5/c1-22-16-10-15-12(9-14(16)17(21)23-2)11-20(19-15)13-3-5-18(6-4-13)24-7-8-25-18/h9-11,13H,3-8H2,1-2H3. The van der Waals surface area contributed by atoms with E-state index >= 15 is 0 Å². The van der Waals surface area contributed by atoms with Crippen molar-refractivity contribution in [3.05, 3.63) is 23.9 Å². The van der Waals surface area contributed by atoms with Crippen LogP contribution in [0.4, 0.5) is 0 Å². The lowest BCUT2D eigenvalue weighted by atomic mass is 9.90. The van der Waals surface area contributed by atoms with Crippen LogP contribution in [0.5, 0.6) is 5.75 Å². The Hall–Kier alpha value is -2.12. The van der Waals surface area contributed by atoms with E-state index in [9.17, 15) is 4.79 Å². The summed E-state index contributed by atoms with van der Waals surface area (Å²) in [5, 5.41) is 5.59. The normalized spacial score (nSPS) is 20.2. The molecular weight excluding hydrogens is 324 g/mol. The molecule has 0 radical (unpaired) electrons. The second-order valence-electron chi connectivity index (χ2n) is 6.55. The third-order valence-electron chi connectivity index (χ3n) is 5.15. The Morgan fingerprint density at radius 2 is 1.96 bits per heavy atom. The molecule has 25 heavy (non-hydrogen) atoms. The highest BCUT2D eigenvalue weighted by Gasteiger charge is 2.40. The Labute approximate surface area is 145 Å². The minimum absolute atomic E-state index is 0.304. The van der Waals surface area contributed by atoms with Crippen molar-refractivity contribution in [3.63, 3.8) is 0 Å². The van der Waals surface area contributed by atoms with Gasteiger partial charge in [0, 0.05) is 30.5 Å². The summed E-state index contributed by atoms with van der Waals surface area (Å²) in [6, 6.07) is 3.86. The van der Waals surface area contributed by atoms with Gasteiger partial charge in [-0.3, -0.25) is 4.68 Å². The largest absolute Gasteiger partial charge is 0.496 e. The molecule has 1 spiro atoms. The average molecular weight is 346 g/mol. The van der Waals surface area contributed by atoms with Crippen LogP contribution in [-0.4, -0.2) is 49.0 Å². The van der Waals surface area contributed by atoms with Crippen LogP contribution < -0.4 is 4.74 Å². The summed E-state index contributed by atoms with van der Waals surface area (Å²) >= 11 is 0. The molecule has 1 aromatic carbocycles. The zero-order valence-corrected chi connectivity index (χ0v) is 14.5. The molecule has 1 aromatic heterocycles. The molecule has 2 fully saturated rings. The Morgan fingerprint density at radius 3 is 2.60 bits per heavy atom. The third kappa shape index (κ3) is 2.87. The van der Waals surface area contributed by atoms with Gasteiger partial charge in [0.1, 0.15) is 11.3 Å². The highest BCUT2D eigenvalue weighted by molar-refractivity contribution is 5.97. The number of aromatic nitrogens is 2. The van der Waals surface area contributed by atoms with Crippen molar-refractivity contribution in [1.82, 2.24) is 9.78 Å². The number of esters is 1. The fraction of sp³-hybridized carbons (Fsp3) is 0.556. The highest BCUT2D eigenvalue weighted by atomic mass is 16.7. The Morgan fingerprint density at radius 1 is 1.24 bits per heavy atom. The minimum Gasteiger partial charge on any atom is -0.496 e. The Kier molecular flexibility index (Phi) is 4.13. The van der Waals surface area contributed by atoms with Gasteiger partial charge in [-0.2, -0.15) is 5.10 Å². The summed E-state index contributed by atoms with van der Waals surface area (Å²) in [5.74, 6) is -0.314. The number of hydrogen-bond acceptors (Lipinski definition) is 6. The molecule has 2 aliphatic rings. The van der Waals surface area contributed by atoms with Crippen LogP contribution in [0, 0.1) is 0 Å². The molecule has 4 rings (SSSR count). The fourth-order valence-electron chi connectivity index (χ4n) is 3.79. The molecule has 2 heterocycles. The van der Waals surface area contributed by atoms with Crippen LogP contribution in [0.1, 0.15) is 42.1 Å². The number of carbonyl (C=O) groups is 1. The van der Waals surface area contributed by atoms with Gasteiger partial charge in [0.25, 0.3) is 0 Å². The van der Waals surface area contributed by atoms with E-state index in [-0.39, 0.29) is 5.79 Å². The van der Waals surface area contributed by atoms with Crippen LogP contribution in [0.25, 0.3) is 10.9 Å². The molecular formula is C18H22N2O5. The van der Waals surface area contributed by atoms with Gasteiger partial charge in [-0.05, 0) is 18.9 Å². The fourth-order valence-corrected chi connectivity index (χ4v) is 3.79. The second kappa shape index (κ2) is 6.31. The van der Waals surface area contributed by atoms with Crippen molar-refractivity contribution < 1.29 is 23.7 Å². The zero-order chi connectivity index (χ0) is 17.4. The second-order valence-corrected chi connectivity index (χ2v) is 6.55. The van der Waals surface area contributed by atoms with Crippen LogP contribution >= 0.6 is 0 Å². The predicted octanol–water partition coefficient (Wildman–Crippen LogP) is 2.69. The van der Waals surface area contributed by atoms with E-state index < -0.39 is 5.97 Å². The predicted molar refractivity (Wildman–Crippen MR) is 89.8 cm³/mol. The molecule has 0 unspecified atom stereocenters. The van der Waals surface area contributed by atoms with E-state index in [2.05, 4.69) is 5.10 Å². The van der Waals surface area contributed by atoms with Gasteiger partial charge in [0.05, 0.1) is 39.0 Å². The van der Waals surface area contributed by atoms with Gasteiger partial charge >= 0.3 is 5.97 Å². The molecule has 0 N–H and O–H groups in total. The Balaban J connectivity index is 1.60. The first kappa shape index (κ1) is 16.4. The summed E-state index contributed by atoms with van der Waals surface area (Å²) in [7, 11) is 2.90. The van der Waals surface area contributed by atoms with Gasteiger partial charge in [-0.15, -0.1) is 0 Å². The molecule has 1 aliphatic heterocycles. The van der Waals surface area contributed by atoms with Crippen LogP contribution in [0.2, 0.25) is 0 Å². The average Bonchev–Trinajstić information content (AvgIpc) is 3.27. The molecule has 134 valence electrons. The minimum atomic E-state index is -0.415. The first-order chi connectivity index (χ1) is 12.1. The number of benzene rings is 1. The molecule has 7 heteroatoms. The number of methoxy groups -OCH3 is 2. The van der Waals surface area contributed by atoms with Gasteiger partial charge in [-0.1, -0.05) is 0 Å². The van der Waals surface area contributed by atoms with Crippen LogP contribution in [-0.2, 0) is 14.2 Å². The molecule has 1 saturated heterocycles. The lowest BCUT2D eigenvalue weighted by Gasteiger charge is -2.35. The van der Waals surface area contributed by atoms with Gasteiger partial charge in [0.15, 0.2) is 5.79 Å². The molecule has 1 saturated carbocycles. The number of carbonyl (C=O) groups excluding carboxylic acids is 1. The van der Waals surface area contributed by atoms with Crippen molar-refractivity contribution in [3.8, 4) is 5.75 Å². The highest BCUT2D eigenvalue weighted by Crippen LogP contribution is 2.40. The van der Waals surface area contributed by atoms with E-state index in [1.54, 1.807) is 12.1 Å². The maximum atomic E-state index is 11.9. The van der Waals surface area contributed by atoms with Crippen molar-refractivity contribution >= 4 is 16.9 Å². The summed E-state index contributed by atoms with van der Waals surface area (Å²) in [6.07, 6.45) is 5.65. The van der Waals surface area contributed by atoms with Crippen molar-refractivity contribution in [1.29, 1.82) is 0 Å². The molecule has 0 amide bonds. The summed E-state index contributed by atoms with van der Waals surface area (Å²) in [5.41, 5.74) is 1.21. The van der Waals surface area contributed by atoms with E-state index in [1.807, 2.05) is 10.9 Å². The smallest absolute Gasteiger partial charge is 0.341 e. The third-order valence-corrected chi connectivity index (χ3v) is 5.15. The number of ether oxygens (including phenoxy) is 4. The molecule has 0 atom stereocenters. The van der Waals surface area contributed by atoms with Gasteiger partial charge in [0.2, 0.25) is 0 Å². The zero-order valence-electron chi connectivity index (χ0n) is 14.5. The number of nitrogens with zero attached hydrogens (tertiary/aromatic N) is 2. The van der Waals surface area contributed by atoms with E-state index in [1.165, 1.54) is 14.2 Å². The summed E-state index contributed by atoms with van der Waals surface area (Å²) in [6.45, 7) is 1.37. The van der Waals surface area contributed by atoms with Crippen molar-refractivity contribution in [2.75, 3.05) is 27.4 Å². The number of fused-ring (bicyclic) bond motifs is 1. The van der Waals surface area contributed by atoms with Gasteiger partial charge in [-0.25, -0.2) is 4.79 Å². The van der Waals surface area contributed by atoms with Crippen molar-refractivity contribution in [2.45, 2.75) is 37.5 Å². The first-order valence-electron chi connectivity index (χ1n) is 8.57. The summed E-state index contributed by atoms with van der Waals surface area (Å²) in [4.78, 5) is 11.9. The molecule has 0 bridgehead atoms. The van der Waals surface area contributed by atoms with Gasteiger partial charge < -0.3 is 18.9 Å². The molecule has 1 aliphatic carbocycles. The molecule has 2 aromatic rings. The van der Waals surface area contributed by atoms with E-state index in [0.29, 0.717) is 30.6 Å². The quantitative estimate of drug-likeness (QED) is 0.796. The number of rotatable bonds is 3. The monoisotopic (exact) mass is 346 g/mol. The summed E-state index contributed by atoms with van der Waals surface area (Å²) < 4.78 is 23.7. The van der Waals surface area contributed by atoms with E-state index in [4.69, 9.17) is 18.9 Å².